The van der Waals surface area contributed by atoms with Gasteiger partial charge in [0, 0.05) is 23.8 Å². The lowest BCUT2D eigenvalue weighted by Gasteiger charge is -2.05. The molecule has 0 saturated heterocycles. The first-order valence-electron chi connectivity index (χ1n) is 6.41. The van der Waals surface area contributed by atoms with Gasteiger partial charge in [-0.05, 0) is 37.1 Å². The summed E-state index contributed by atoms with van der Waals surface area (Å²) in [5.74, 6) is -0.870. The lowest BCUT2D eigenvalue weighted by Crippen LogP contribution is -2.25. The summed E-state index contributed by atoms with van der Waals surface area (Å²) in [6.45, 7) is 2.59. The van der Waals surface area contributed by atoms with Crippen molar-refractivity contribution < 1.29 is 14.7 Å². The molecule has 1 aliphatic heterocycles. The molecule has 0 amide bonds. The van der Waals surface area contributed by atoms with Crippen molar-refractivity contribution in [2.45, 2.75) is 25.8 Å². The molecule has 2 rings (SSSR count). The first kappa shape index (κ1) is 13.5. The van der Waals surface area contributed by atoms with E-state index in [4.69, 9.17) is 5.11 Å². The van der Waals surface area contributed by atoms with Gasteiger partial charge < -0.3 is 15.7 Å². The van der Waals surface area contributed by atoms with Crippen molar-refractivity contribution in [3.8, 4) is 0 Å². The minimum atomic E-state index is -0.863. The van der Waals surface area contributed by atoms with Gasteiger partial charge in [-0.15, -0.1) is 0 Å². The zero-order chi connectivity index (χ0) is 13.8. The van der Waals surface area contributed by atoms with Gasteiger partial charge in [0.25, 0.3) is 0 Å². The van der Waals surface area contributed by atoms with E-state index in [1.54, 1.807) is 0 Å². The number of fused-ring (bicyclic) bond motifs is 1. The predicted octanol–water partition coefficient (Wildman–Crippen LogP) is 1.29. The fourth-order valence-electron chi connectivity index (χ4n) is 2.22. The van der Waals surface area contributed by atoms with Gasteiger partial charge in [-0.1, -0.05) is 0 Å². The van der Waals surface area contributed by atoms with Crippen LogP contribution >= 0.6 is 0 Å². The Bertz CT molecular complexity index is 499. The molecule has 0 radical (unpaired) electrons. The number of hydrogen-bond donors (Lipinski definition) is 3. The summed E-state index contributed by atoms with van der Waals surface area (Å²) in [5, 5.41) is 14.7. The van der Waals surface area contributed by atoms with Crippen LogP contribution in [0.15, 0.2) is 18.2 Å². The molecule has 0 aromatic heterocycles. The largest absolute Gasteiger partial charge is 0.481 e. The van der Waals surface area contributed by atoms with Gasteiger partial charge in [-0.2, -0.15) is 0 Å². The number of carboxylic acid groups (broad SMARTS) is 1. The van der Waals surface area contributed by atoms with E-state index in [9.17, 15) is 9.59 Å². The quantitative estimate of drug-likeness (QED) is 0.532. The van der Waals surface area contributed by atoms with Crippen LogP contribution in [0.1, 0.15) is 29.3 Å². The first-order valence-corrected chi connectivity index (χ1v) is 6.41. The Morgan fingerprint density at radius 1 is 1.47 bits per heavy atom. The molecule has 102 valence electrons. The van der Waals surface area contributed by atoms with E-state index in [0.717, 1.165) is 12.1 Å². The van der Waals surface area contributed by atoms with E-state index >= 15 is 0 Å². The Balaban J connectivity index is 1.90. The molecular weight excluding hydrogens is 244 g/mol. The highest BCUT2D eigenvalue weighted by molar-refractivity contribution is 5.98. The predicted molar refractivity (Wildman–Crippen MR) is 72.7 cm³/mol. The molecule has 0 spiro atoms. The van der Waals surface area contributed by atoms with E-state index in [2.05, 4.69) is 17.6 Å². The summed E-state index contributed by atoms with van der Waals surface area (Å²) in [7, 11) is 0. The third kappa shape index (κ3) is 3.54. The molecular formula is C14H18N2O3. The van der Waals surface area contributed by atoms with Gasteiger partial charge >= 0.3 is 5.97 Å². The second kappa shape index (κ2) is 5.84. The molecule has 0 bridgehead atoms. The highest BCUT2D eigenvalue weighted by Gasteiger charge is 2.18. The molecule has 1 aromatic rings. The number of carbonyl (C=O) groups is 2. The third-order valence-electron chi connectivity index (χ3n) is 3.16. The van der Waals surface area contributed by atoms with Crippen molar-refractivity contribution in [1.82, 2.24) is 5.32 Å². The molecule has 0 fully saturated rings. The zero-order valence-electron chi connectivity index (χ0n) is 10.9. The van der Waals surface area contributed by atoms with Gasteiger partial charge in [0.05, 0.1) is 13.0 Å². The van der Waals surface area contributed by atoms with Crippen LogP contribution in [0.25, 0.3) is 0 Å². The summed E-state index contributed by atoms with van der Waals surface area (Å²) in [4.78, 5) is 22.3. The Morgan fingerprint density at radius 2 is 2.26 bits per heavy atom. The highest BCUT2D eigenvalue weighted by Crippen LogP contribution is 2.26. The molecule has 5 nitrogen and oxygen atoms in total. The minimum absolute atomic E-state index is 0.00672. The van der Waals surface area contributed by atoms with E-state index < -0.39 is 5.97 Å². The smallest absolute Gasteiger partial charge is 0.304 e. The normalized spacial score (nSPS) is 16.8. The van der Waals surface area contributed by atoms with Crippen LogP contribution in [0.4, 0.5) is 5.69 Å². The molecule has 1 aliphatic rings. The summed E-state index contributed by atoms with van der Waals surface area (Å²) in [6, 6.07) is 6.08. The van der Waals surface area contributed by atoms with Crippen molar-refractivity contribution in [2.75, 3.05) is 18.4 Å². The molecule has 19 heavy (non-hydrogen) atoms. The van der Waals surface area contributed by atoms with Gasteiger partial charge in [0.2, 0.25) is 0 Å². The minimum Gasteiger partial charge on any atom is -0.481 e. The zero-order valence-corrected chi connectivity index (χ0v) is 10.9. The summed E-state index contributed by atoms with van der Waals surface area (Å²) < 4.78 is 0. The van der Waals surface area contributed by atoms with E-state index in [-0.39, 0.29) is 18.7 Å². The van der Waals surface area contributed by atoms with Gasteiger partial charge in [0.15, 0.2) is 5.78 Å². The van der Waals surface area contributed by atoms with Crippen LogP contribution in [-0.2, 0) is 11.2 Å². The number of ketones is 1. The van der Waals surface area contributed by atoms with E-state index in [1.165, 1.54) is 5.56 Å². The molecule has 1 heterocycles. The van der Waals surface area contributed by atoms with E-state index in [1.807, 2.05) is 18.2 Å². The maximum Gasteiger partial charge on any atom is 0.304 e. The number of anilines is 1. The number of carboxylic acids is 1. The average molecular weight is 262 g/mol. The Hall–Kier alpha value is -1.88. The monoisotopic (exact) mass is 262 g/mol. The van der Waals surface area contributed by atoms with Crippen LogP contribution in [0, 0.1) is 0 Å². The van der Waals surface area contributed by atoms with Crippen LogP contribution < -0.4 is 10.6 Å². The molecule has 1 aromatic carbocycles. The number of benzene rings is 1. The Kier molecular flexibility index (Phi) is 4.16. The maximum atomic E-state index is 11.9. The summed E-state index contributed by atoms with van der Waals surface area (Å²) >= 11 is 0. The van der Waals surface area contributed by atoms with Crippen LogP contribution in [0.5, 0.6) is 0 Å². The first-order chi connectivity index (χ1) is 9.06. The Labute approximate surface area is 112 Å². The SMILES string of the molecule is CC1Cc2cc(C(=O)CNCCC(=O)O)ccc2N1. The lowest BCUT2D eigenvalue weighted by molar-refractivity contribution is -0.136. The summed E-state index contributed by atoms with van der Waals surface area (Å²) in [6.07, 6.45) is 0.960. The highest BCUT2D eigenvalue weighted by atomic mass is 16.4. The third-order valence-corrected chi connectivity index (χ3v) is 3.16. The molecule has 1 unspecified atom stereocenters. The van der Waals surface area contributed by atoms with Gasteiger partial charge in [0.1, 0.15) is 0 Å². The molecule has 5 heteroatoms. The van der Waals surface area contributed by atoms with Gasteiger partial charge in [-0.3, -0.25) is 9.59 Å². The van der Waals surface area contributed by atoms with Crippen molar-refractivity contribution in [3.05, 3.63) is 29.3 Å². The van der Waals surface area contributed by atoms with Crippen molar-refractivity contribution in [3.63, 3.8) is 0 Å². The number of carbonyl (C=O) groups excluding carboxylic acids is 1. The number of rotatable bonds is 6. The van der Waals surface area contributed by atoms with Crippen molar-refractivity contribution >= 4 is 17.4 Å². The van der Waals surface area contributed by atoms with Crippen LogP contribution in [0.2, 0.25) is 0 Å². The number of nitrogens with one attached hydrogen (secondary N) is 2. The molecule has 0 saturated carbocycles. The number of aliphatic carboxylic acids is 1. The fraction of sp³-hybridized carbons (Fsp3) is 0.429. The maximum absolute atomic E-state index is 11.9. The van der Waals surface area contributed by atoms with Gasteiger partial charge in [-0.25, -0.2) is 0 Å². The topological polar surface area (TPSA) is 78.4 Å². The fourth-order valence-corrected chi connectivity index (χ4v) is 2.22. The standard InChI is InChI=1S/C14H18N2O3/c1-9-6-11-7-10(2-3-12(11)16-9)13(17)8-15-5-4-14(18)19/h2-3,7,9,15-16H,4-6,8H2,1H3,(H,18,19). The van der Waals surface area contributed by atoms with Crippen molar-refractivity contribution in [1.29, 1.82) is 0 Å². The lowest BCUT2D eigenvalue weighted by atomic mass is 10.0. The summed E-state index contributed by atoms with van der Waals surface area (Å²) in [5.41, 5.74) is 2.95. The second-order valence-corrected chi connectivity index (χ2v) is 4.87. The van der Waals surface area contributed by atoms with Crippen LogP contribution in [0.3, 0.4) is 0 Å². The second-order valence-electron chi connectivity index (χ2n) is 4.87. The number of hydrogen-bond acceptors (Lipinski definition) is 4. The van der Waals surface area contributed by atoms with Crippen LogP contribution in [-0.4, -0.2) is 36.0 Å². The molecule has 0 aliphatic carbocycles. The van der Waals surface area contributed by atoms with Crippen molar-refractivity contribution in [2.24, 2.45) is 0 Å². The number of Topliss-reactive ketones (excluding diaryl/α,β-unsaturated/α-hetero) is 1. The average Bonchev–Trinajstić information content (AvgIpc) is 2.73. The van der Waals surface area contributed by atoms with E-state index in [0.29, 0.717) is 18.2 Å². The molecule has 3 N–H and O–H groups in total. The molecule has 1 atom stereocenters. The Morgan fingerprint density at radius 3 is 3.00 bits per heavy atom.